The maximum atomic E-state index is 11.8. The number of aryl methyl sites for hydroxylation is 1. The minimum atomic E-state index is -0.237. The van der Waals surface area contributed by atoms with Crippen LogP contribution in [0.2, 0.25) is 0 Å². The van der Waals surface area contributed by atoms with E-state index in [0.29, 0.717) is 26.2 Å². The lowest BCUT2D eigenvalue weighted by molar-refractivity contribution is 0.0914. The van der Waals surface area contributed by atoms with Crippen LogP contribution in [0.25, 0.3) is 0 Å². The van der Waals surface area contributed by atoms with Gasteiger partial charge in [-0.05, 0) is 31.0 Å². The van der Waals surface area contributed by atoms with Crippen LogP contribution in [0.1, 0.15) is 18.1 Å². The number of guanidine groups is 1. The Labute approximate surface area is 172 Å². The van der Waals surface area contributed by atoms with E-state index < -0.39 is 0 Å². The minimum Gasteiger partial charge on any atom is -0.496 e. The van der Waals surface area contributed by atoms with E-state index in [1.54, 1.807) is 19.1 Å². The number of piperazine rings is 1. The van der Waals surface area contributed by atoms with E-state index in [1.807, 2.05) is 26.0 Å². The van der Waals surface area contributed by atoms with Gasteiger partial charge in [-0.25, -0.2) is 4.79 Å². The molecule has 1 aliphatic heterocycles. The van der Waals surface area contributed by atoms with Crippen LogP contribution in [0, 0.1) is 6.92 Å². The summed E-state index contributed by atoms with van der Waals surface area (Å²) in [5.74, 6) is 1.74. The lowest BCUT2D eigenvalue weighted by atomic mass is 10.1. The summed E-state index contributed by atoms with van der Waals surface area (Å²) in [6.07, 6.45) is -0.237. The van der Waals surface area contributed by atoms with E-state index in [-0.39, 0.29) is 30.1 Å². The molecule has 1 aromatic carbocycles. The van der Waals surface area contributed by atoms with Gasteiger partial charge in [0, 0.05) is 39.8 Å². The standard InChI is InChI=1S/C18H28N4O3.HI/c1-5-25-18(23)22-10-8-21(9-11-22)17(19-3)20-13-15-6-7-16(24-4)14(2)12-15;/h6-7,12H,5,8-11,13H2,1-4H3,(H,19,20);1H. The monoisotopic (exact) mass is 476 g/mol. The van der Waals surface area contributed by atoms with E-state index in [1.165, 1.54) is 5.56 Å². The van der Waals surface area contributed by atoms with Crippen molar-refractivity contribution >= 4 is 36.0 Å². The molecule has 146 valence electrons. The molecule has 1 amide bonds. The average molecular weight is 476 g/mol. The van der Waals surface area contributed by atoms with Gasteiger partial charge in [0.05, 0.1) is 13.7 Å². The highest BCUT2D eigenvalue weighted by Gasteiger charge is 2.23. The first kappa shape index (κ1) is 22.3. The van der Waals surface area contributed by atoms with Crippen LogP contribution in [0.5, 0.6) is 5.75 Å². The third-order valence-corrected chi connectivity index (χ3v) is 4.23. The Morgan fingerprint density at radius 1 is 1.23 bits per heavy atom. The van der Waals surface area contributed by atoms with Crippen LogP contribution in [0.4, 0.5) is 4.79 Å². The Kier molecular flexibility index (Phi) is 9.53. The summed E-state index contributed by atoms with van der Waals surface area (Å²) in [5.41, 5.74) is 2.28. The zero-order valence-electron chi connectivity index (χ0n) is 15.9. The number of ether oxygens (including phenoxy) is 2. The van der Waals surface area contributed by atoms with Gasteiger partial charge >= 0.3 is 6.09 Å². The van der Waals surface area contributed by atoms with Gasteiger partial charge in [0.15, 0.2) is 5.96 Å². The summed E-state index contributed by atoms with van der Waals surface area (Å²) in [6, 6.07) is 6.13. The van der Waals surface area contributed by atoms with Crippen molar-refractivity contribution in [2.45, 2.75) is 20.4 Å². The van der Waals surface area contributed by atoms with E-state index in [4.69, 9.17) is 9.47 Å². The number of carbonyl (C=O) groups excluding carboxylic acids is 1. The second-order valence-corrected chi connectivity index (χ2v) is 5.88. The molecule has 0 unspecified atom stereocenters. The first-order chi connectivity index (χ1) is 12.1. The molecule has 2 rings (SSSR count). The molecule has 0 saturated carbocycles. The molecule has 0 atom stereocenters. The predicted octanol–water partition coefficient (Wildman–Crippen LogP) is 2.47. The van der Waals surface area contributed by atoms with Gasteiger partial charge in [-0.15, -0.1) is 24.0 Å². The Morgan fingerprint density at radius 2 is 1.88 bits per heavy atom. The highest BCUT2D eigenvalue weighted by Crippen LogP contribution is 2.18. The van der Waals surface area contributed by atoms with Gasteiger partial charge in [-0.3, -0.25) is 4.99 Å². The second kappa shape index (κ2) is 11.1. The summed E-state index contributed by atoms with van der Waals surface area (Å²) < 4.78 is 10.3. The fraction of sp³-hybridized carbons (Fsp3) is 0.556. The van der Waals surface area contributed by atoms with Gasteiger partial charge in [0.25, 0.3) is 0 Å². The van der Waals surface area contributed by atoms with Crippen molar-refractivity contribution in [2.24, 2.45) is 4.99 Å². The normalized spacial score (nSPS) is 14.5. The van der Waals surface area contributed by atoms with Gasteiger partial charge in [0.2, 0.25) is 0 Å². The number of hydrogen-bond acceptors (Lipinski definition) is 4. The van der Waals surface area contributed by atoms with Gasteiger partial charge in [-0.1, -0.05) is 12.1 Å². The molecule has 0 aromatic heterocycles. The maximum Gasteiger partial charge on any atom is 0.409 e. The second-order valence-electron chi connectivity index (χ2n) is 5.88. The fourth-order valence-corrected chi connectivity index (χ4v) is 2.88. The number of nitrogens with zero attached hydrogens (tertiary/aromatic N) is 3. The molecule has 1 aromatic rings. The predicted molar refractivity (Wildman–Crippen MR) is 114 cm³/mol. The third kappa shape index (κ3) is 5.93. The van der Waals surface area contributed by atoms with Crippen molar-refractivity contribution in [1.29, 1.82) is 0 Å². The van der Waals surface area contributed by atoms with Crippen LogP contribution >= 0.6 is 24.0 Å². The van der Waals surface area contributed by atoms with Crippen molar-refractivity contribution < 1.29 is 14.3 Å². The molecule has 8 heteroatoms. The van der Waals surface area contributed by atoms with Crippen LogP contribution in [-0.4, -0.2) is 68.8 Å². The lowest BCUT2D eigenvalue weighted by Gasteiger charge is -2.35. The van der Waals surface area contributed by atoms with Crippen LogP contribution in [0.15, 0.2) is 23.2 Å². The van der Waals surface area contributed by atoms with Crippen molar-refractivity contribution in [1.82, 2.24) is 15.1 Å². The molecule has 1 aliphatic rings. The highest BCUT2D eigenvalue weighted by atomic mass is 127. The highest BCUT2D eigenvalue weighted by molar-refractivity contribution is 14.0. The molecule has 1 fully saturated rings. The fourth-order valence-electron chi connectivity index (χ4n) is 2.88. The molecule has 1 heterocycles. The maximum absolute atomic E-state index is 11.8. The Balaban J connectivity index is 0.00000338. The Hall–Kier alpha value is -1.71. The topological polar surface area (TPSA) is 66.4 Å². The first-order valence-electron chi connectivity index (χ1n) is 8.59. The zero-order chi connectivity index (χ0) is 18.2. The summed E-state index contributed by atoms with van der Waals surface area (Å²) >= 11 is 0. The molecule has 0 aliphatic carbocycles. The number of rotatable bonds is 4. The Bertz CT molecular complexity index is 616. The average Bonchev–Trinajstić information content (AvgIpc) is 2.63. The molecular weight excluding hydrogens is 447 g/mol. The van der Waals surface area contributed by atoms with Crippen molar-refractivity contribution in [3.05, 3.63) is 29.3 Å². The summed E-state index contributed by atoms with van der Waals surface area (Å²) in [4.78, 5) is 20.0. The van der Waals surface area contributed by atoms with Crippen LogP contribution in [0.3, 0.4) is 0 Å². The minimum absolute atomic E-state index is 0. The molecule has 0 spiro atoms. The molecule has 0 radical (unpaired) electrons. The first-order valence-corrected chi connectivity index (χ1v) is 8.59. The number of benzene rings is 1. The summed E-state index contributed by atoms with van der Waals surface area (Å²) in [5, 5.41) is 3.39. The van der Waals surface area contributed by atoms with E-state index in [9.17, 15) is 4.79 Å². The number of carbonyl (C=O) groups is 1. The lowest BCUT2D eigenvalue weighted by Crippen LogP contribution is -2.53. The van der Waals surface area contributed by atoms with E-state index in [0.717, 1.165) is 30.4 Å². The number of hydrogen-bond donors (Lipinski definition) is 1. The summed E-state index contributed by atoms with van der Waals surface area (Å²) in [7, 11) is 3.46. The van der Waals surface area contributed by atoms with Gasteiger partial charge < -0.3 is 24.6 Å². The third-order valence-electron chi connectivity index (χ3n) is 4.23. The van der Waals surface area contributed by atoms with E-state index in [2.05, 4.69) is 21.3 Å². The number of aliphatic imine (C=N–C) groups is 1. The SMILES string of the molecule is CCOC(=O)N1CCN(C(=NC)NCc2ccc(OC)c(C)c2)CC1.I. The van der Waals surface area contributed by atoms with Crippen molar-refractivity contribution in [2.75, 3.05) is 46.9 Å². The molecule has 7 nitrogen and oxygen atoms in total. The quantitative estimate of drug-likeness (QED) is 0.411. The number of halogens is 1. The number of nitrogens with one attached hydrogen (secondary N) is 1. The van der Waals surface area contributed by atoms with E-state index >= 15 is 0 Å². The van der Waals surface area contributed by atoms with Gasteiger partial charge in [0.1, 0.15) is 5.75 Å². The molecule has 26 heavy (non-hydrogen) atoms. The smallest absolute Gasteiger partial charge is 0.409 e. The molecular formula is C18H29IN4O3. The van der Waals surface area contributed by atoms with Crippen molar-refractivity contribution in [3.63, 3.8) is 0 Å². The van der Waals surface area contributed by atoms with Crippen LogP contribution in [-0.2, 0) is 11.3 Å². The van der Waals surface area contributed by atoms with Crippen molar-refractivity contribution in [3.8, 4) is 5.75 Å². The zero-order valence-corrected chi connectivity index (χ0v) is 18.3. The molecule has 1 N–H and O–H groups in total. The summed E-state index contributed by atoms with van der Waals surface area (Å²) in [6.45, 7) is 7.70. The largest absolute Gasteiger partial charge is 0.496 e. The van der Waals surface area contributed by atoms with Crippen LogP contribution < -0.4 is 10.1 Å². The molecule has 0 bridgehead atoms. The Morgan fingerprint density at radius 3 is 2.42 bits per heavy atom. The van der Waals surface area contributed by atoms with Gasteiger partial charge in [-0.2, -0.15) is 0 Å². The number of methoxy groups -OCH3 is 1. The number of amides is 1. The molecule has 1 saturated heterocycles.